The van der Waals surface area contributed by atoms with E-state index in [1.165, 1.54) is 24.1 Å². The third-order valence-corrected chi connectivity index (χ3v) is 2.67. The van der Waals surface area contributed by atoms with Crippen LogP contribution in [-0.4, -0.2) is 10.3 Å². The summed E-state index contributed by atoms with van der Waals surface area (Å²) in [7, 11) is 0. The minimum absolute atomic E-state index is 1.08. The molecule has 0 aliphatic rings. The van der Waals surface area contributed by atoms with E-state index in [2.05, 4.69) is 40.0 Å². The summed E-state index contributed by atoms with van der Waals surface area (Å²) in [5.74, 6) is 0. The van der Waals surface area contributed by atoms with Gasteiger partial charge in [0.15, 0.2) is 0 Å². The van der Waals surface area contributed by atoms with Gasteiger partial charge >= 0.3 is 0 Å². The highest BCUT2D eigenvalue weighted by Crippen LogP contribution is 2.05. The Labute approximate surface area is 88.7 Å². The fraction of sp³-hybridized carbons (Fsp3) is 0.545. The predicted octanol–water partition coefficient (Wildman–Crippen LogP) is 3.36. The van der Waals surface area contributed by atoms with Gasteiger partial charge in [-0.15, -0.1) is 0 Å². The highest BCUT2D eigenvalue weighted by molar-refractivity contribution is 9.09. The van der Waals surface area contributed by atoms with Crippen LogP contribution >= 0.6 is 15.9 Å². The van der Waals surface area contributed by atoms with Crippen LogP contribution in [0, 0.1) is 0 Å². The summed E-state index contributed by atoms with van der Waals surface area (Å²) in [5.41, 5.74) is 2.54. The highest BCUT2D eigenvalue weighted by atomic mass is 79.9. The molecule has 0 radical (unpaired) electrons. The topological polar surface area (TPSA) is 12.9 Å². The number of pyridine rings is 1. The average Bonchev–Trinajstić information content (AvgIpc) is 2.19. The van der Waals surface area contributed by atoms with Gasteiger partial charge in [-0.05, 0) is 37.3 Å². The standard InChI is InChI=1S/C11H16BrN/c1-2-10-6-7-11(13-9-10)5-3-4-8-12/h6-7,9H,2-5,8H2,1H3. The molecule has 0 aliphatic carbocycles. The molecule has 0 spiro atoms. The molecule has 13 heavy (non-hydrogen) atoms. The van der Waals surface area contributed by atoms with Gasteiger partial charge in [0.2, 0.25) is 0 Å². The normalized spacial score (nSPS) is 10.3. The van der Waals surface area contributed by atoms with Crippen molar-refractivity contribution in [3.05, 3.63) is 29.6 Å². The summed E-state index contributed by atoms with van der Waals surface area (Å²) in [6.45, 7) is 2.15. The first kappa shape index (κ1) is 10.7. The van der Waals surface area contributed by atoms with Crippen LogP contribution in [0.5, 0.6) is 0 Å². The lowest BCUT2D eigenvalue weighted by Crippen LogP contribution is -1.91. The molecule has 0 fully saturated rings. The van der Waals surface area contributed by atoms with Crippen molar-refractivity contribution < 1.29 is 0 Å². The van der Waals surface area contributed by atoms with E-state index in [4.69, 9.17) is 0 Å². The summed E-state index contributed by atoms with van der Waals surface area (Å²) < 4.78 is 0. The Kier molecular flexibility index (Phi) is 5.06. The molecule has 0 atom stereocenters. The smallest absolute Gasteiger partial charge is 0.0403 e. The van der Waals surface area contributed by atoms with Crippen molar-refractivity contribution in [3.8, 4) is 0 Å². The summed E-state index contributed by atoms with van der Waals surface area (Å²) in [6, 6.07) is 4.32. The van der Waals surface area contributed by atoms with Crippen molar-refractivity contribution in [1.29, 1.82) is 0 Å². The molecular weight excluding hydrogens is 226 g/mol. The van der Waals surface area contributed by atoms with Gasteiger partial charge in [0.25, 0.3) is 0 Å². The maximum atomic E-state index is 4.41. The van der Waals surface area contributed by atoms with Crippen LogP contribution in [0.25, 0.3) is 0 Å². The molecule has 1 heterocycles. The Morgan fingerprint density at radius 1 is 1.31 bits per heavy atom. The van der Waals surface area contributed by atoms with E-state index >= 15 is 0 Å². The third kappa shape index (κ3) is 3.90. The molecule has 72 valence electrons. The number of aryl methyl sites for hydroxylation is 2. The van der Waals surface area contributed by atoms with Crippen LogP contribution in [0.4, 0.5) is 0 Å². The molecular formula is C11H16BrN. The monoisotopic (exact) mass is 241 g/mol. The average molecular weight is 242 g/mol. The number of alkyl halides is 1. The van der Waals surface area contributed by atoms with Gasteiger partial charge in [-0.3, -0.25) is 4.98 Å². The molecule has 1 rings (SSSR count). The van der Waals surface area contributed by atoms with Crippen LogP contribution in [0.15, 0.2) is 18.3 Å². The first-order valence-electron chi connectivity index (χ1n) is 4.86. The lowest BCUT2D eigenvalue weighted by atomic mass is 10.1. The summed E-state index contributed by atoms with van der Waals surface area (Å²) in [5, 5.41) is 1.10. The molecule has 0 N–H and O–H groups in total. The Bertz CT molecular complexity index is 230. The van der Waals surface area contributed by atoms with Crippen molar-refractivity contribution in [2.75, 3.05) is 5.33 Å². The summed E-state index contributed by atoms with van der Waals surface area (Å²) in [4.78, 5) is 4.41. The fourth-order valence-corrected chi connectivity index (χ4v) is 1.61. The van der Waals surface area contributed by atoms with Gasteiger partial charge < -0.3 is 0 Å². The SMILES string of the molecule is CCc1ccc(CCCCBr)nc1. The van der Waals surface area contributed by atoms with Gasteiger partial charge in [-0.25, -0.2) is 0 Å². The maximum Gasteiger partial charge on any atom is 0.0403 e. The molecule has 0 saturated heterocycles. The Morgan fingerprint density at radius 3 is 2.69 bits per heavy atom. The van der Waals surface area contributed by atoms with Gasteiger partial charge in [0.05, 0.1) is 0 Å². The van der Waals surface area contributed by atoms with Crippen molar-refractivity contribution in [2.24, 2.45) is 0 Å². The van der Waals surface area contributed by atoms with Crippen molar-refractivity contribution >= 4 is 15.9 Å². The number of nitrogens with zero attached hydrogens (tertiary/aromatic N) is 1. The molecule has 0 aliphatic heterocycles. The zero-order chi connectivity index (χ0) is 9.52. The molecule has 1 nitrogen and oxygen atoms in total. The maximum absolute atomic E-state index is 4.41. The number of halogens is 1. The van der Waals surface area contributed by atoms with Crippen LogP contribution in [-0.2, 0) is 12.8 Å². The Hall–Kier alpha value is -0.370. The van der Waals surface area contributed by atoms with E-state index in [0.717, 1.165) is 18.2 Å². The van der Waals surface area contributed by atoms with Gasteiger partial charge in [0, 0.05) is 17.2 Å². The van der Waals surface area contributed by atoms with Gasteiger partial charge in [-0.2, -0.15) is 0 Å². The van der Waals surface area contributed by atoms with Crippen molar-refractivity contribution in [3.63, 3.8) is 0 Å². The van der Waals surface area contributed by atoms with Crippen LogP contribution in [0.1, 0.15) is 31.0 Å². The van der Waals surface area contributed by atoms with Crippen molar-refractivity contribution in [2.45, 2.75) is 32.6 Å². The number of aromatic nitrogens is 1. The molecule has 1 aromatic heterocycles. The zero-order valence-electron chi connectivity index (χ0n) is 8.09. The number of hydrogen-bond acceptors (Lipinski definition) is 1. The van der Waals surface area contributed by atoms with Gasteiger partial charge in [-0.1, -0.05) is 28.9 Å². The second kappa shape index (κ2) is 6.14. The van der Waals surface area contributed by atoms with Gasteiger partial charge in [0.1, 0.15) is 0 Å². The predicted molar refractivity (Wildman–Crippen MR) is 60.3 cm³/mol. The second-order valence-electron chi connectivity index (χ2n) is 3.16. The fourth-order valence-electron chi connectivity index (χ4n) is 1.21. The minimum atomic E-state index is 1.08. The summed E-state index contributed by atoms with van der Waals surface area (Å²) >= 11 is 3.43. The number of rotatable bonds is 5. The number of unbranched alkanes of at least 4 members (excludes halogenated alkanes) is 1. The lowest BCUT2D eigenvalue weighted by molar-refractivity contribution is 0.784. The first-order chi connectivity index (χ1) is 6.36. The van der Waals surface area contributed by atoms with Crippen LogP contribution < -0.4 is 0 Å². The van der Waals surface area contributed by atoms with E-state index < -0.39 is 0 Å². The van der Waals surface area contributed by atoms with E-state index in [-0.39, 0.29) is 0 Å². The molecule has 0 aromatic carbocycles. The summed E-state index contributed by atoms with van der Waals surface area (Å²) in [6.07, 6.45) is 6.63. The molecule has 1 aromatic rings. The van der Waals surface area contributed by atoms with Crippen LogP contribution in [0.2, 0.25) is 0 Å². The van der Waals surface area contributed by atoms with E-state index in [1.807, 2.05) is 6.20 Å². The number of hydrogen-bond donors (Lipinski definition) is 0. The molecule has 0 saturated carbocycles. The van der Waals surface area contributed by atoms with Crippen molar-refractivity contribution in [1.82, 2.24) is 4.98 Å². The Morgan fingerprint density at radius 2 is 2.15 bits per heavy atom. The molecule has 0 bridgehead atoms. The van der Waals surface area contributed by atoms with E-state index in [0.29, 0.717) is 0 Å². The lowest BCUT2D eigenvalue weighted by Gasteiger charge is -2.00. The minimum Gasteiger partial charge on any atom is -0.261 e. The van der Waals surface area contributed by atoms with E-state index in [1.54, 1.807) is 0 Å². The molecule has 0 amide bonds. The zero-order valence-corrected chi connectivity index (χ0v) is 9.68. The Balaban J connectivity index is 2.40. The van der Waals surface area contributed by atoms with Crippen LogP contribution in [0.3, 0.4) is 0 Å². The largest absolute Gasteiger partial charge is 0.261 e. The highest BCUT2D eigenvalue weighted by Gasteiger charge is 1.94. The first-order valence-corrected chi connectivity index (χ1v) is 5.98. The second-order valence-corrected chi connectivity index (χ2v) is 3.95. The third-order valence-electron chi connectivity index (χ3n) is 2.11. The van der Waals surface area contributed by atoms with E-state index in [9.17, 15) is 0 Å². The quantitative estimate of drug-likeness (QED) is 0.570. The molecule has 0 unspecified atom stereocenters. The molecule has 2 heteroatoms.